The monoisotopic (exact) mass is 559 g/mol. The zero-order valence-electron chi connectivity index (χ0n) is 22.4. The number of alkyl halides is 3. The number of carbonyl (C=O) groups excluding carboxylic acids is 2. The fourth-order valence-electron chi connectivity index (χ4n) is 4.76. The average Bonchev–Trinajstić information content (AvgIpc) is 2.87. The molecule has 0 radical (unpaired) electrons. The summed E-state index contributed by atoms with van der Waals surface area (Å²) in [6, 6.07) is 8.34. The predicted molar refractivity (Wildman–Crippen MR) is 139 cm³/mol. The second-order valence-corrected chi connectivity index (χ2v) is 9.88. The highest BCUT2D eigenvalue weighted by atomic mass is 19.4. The van der Waals surface area contributed by atoms with E-state index in [4.69, 9.17) is 15.9 Å². The van der Waals surface area contributed by atoms with Gasteiger partial charge in [0.25, 0.3) is 0 Å². The number of primary amides is 1. The number of guanidine groups is 1. The molecule has 2 aromatic carbocycles. The number of halogens is 3. The number of nitrogens with two attached hydrogens (primary N) is 1. The third kappa shape index (κ3) is 5.93. The van der Waals surface area contributed by atoms with Gasteiger partial charge >= 0.3 is 18.2 Å². The van der Waals surface area contributed by atoms with Crippen molar-refractivity contribution < 1.29 is 37.1 Å². The molecule has 3 rings (SSSR count). The van der Waals surface area contributed by atoms with Crippen LogP contribution in [0.4, 0.5) is 23.7 Å². The Morgan fingerprint density at radius 3 is 2.45 bits per heavy atom. The summed E-state index contributed by atoms with van der Waals surface area (Å²) in [4.78, 5) is 27.9. The van der Waals surface area contributed by atoms with Crippen LogP contribution in [0.2, 0.25) is 0 Å². The Morgan fingerprint density at radius 1 is 1.23 bits per heavy atom. The summed E-state index contributed by atoms with van der Waals surface area (Å²) in [5.74, 6) is -1.47. The first kappa shape index (κ1) is 30.1. The molecule has 10 nitrogen and oxygen atoms in total. The van der Waals surface area contributed by atoms with Gasteiger partial charge in [0.1, 0.15) is 19.1 Å². The van der Waals surface area contributed by atoms with E-state index >= 15 is 0 Å². The molecule has 0 aromatic heterocycles. The molecule has 0 fully saturated rings. The van der Waals surface area contributed by atoms with E-state index in [1.807, 2.05) is 14.1 Å². The summed E-state index contributed by atoms with van der Waals surface area (Å²) in [6.45, 7) is 1.91. The van der Waals surface area contributed by atoms with Crippen molar-refractivity contribution in [2.24, 2.45) is 5.73 Å². The summed E-state index contributed by atoms with van der Waals surface area (Å²) in [5, 5.41) is 27.9. The van der Waals surface area contributed by atoms with Crippen LogP contribution in [-0.4, -0.2) is 66.8 Å². The molecule has 40 heavy (non-hydrogen) atoms. The Bertz CT molecular complexity index is 1410. The number of rotatable bonds is 7. The van der Waals surface area contributed by atoms with Crippen molar-refractivity contribution in [1.82, 2.24) is 4.90 Å². The summed E-state index contributed by atoms with van der Waals surface area (Å²) in [5.41, 5.74) is 5.73. The molecule has 0 unspecified atom stereocenters. The molecule has 2 amide bonds. The number of nitrogens with zero attached hydrogens (tertiary/aromatic N) is 4. The maximum Gasteiger partial charge on any atom is 0.416 e. The van der Waals surface area contributed by atoms with Crippen LogP contribution in [0.5, 0.6) is 0 Å². The number of carbonyl (C=O) groups is 2. The van der Waals surface area contributed by atoms with Crippen molar-refractivity contribution in [2.45, 2.75) is 25.7 Å². The molecule has 0 bridgehead atoms. The quantitative estimate of drug-likeness (QED) is 0.350. The van der Waals surface area contributed by atoms with E-state index in [2.05, 4.69) is 6.07 Å². The van der Waals surface area contributed by atoms with E-state index in [-0.39, 0.29) is 34.6 Å². The lowest BCUT2D eigenvalue weighted by Gasteiger charge is -2.43. The van der Waals surface area contributed by atoms with Crippen molar-refractivity contribution >= 4 is 23.6 Å². The number of methoxy groups -OCH3 is 1. The number of likely N-dealkylation sites (N-methyl/N-ethyl adjacent to an activating group) is 1. The van der Waals surface area contributed by atoms with Gasteiger partial charge in [0.15, 0.2) is 0 Å². The van der Waals surface area contributed by atoms with Gasteiger partial charge in [-0.05, 0) is 42.8 Å². The number of amides is 2. The smallest absolute Gasteiger partial charge is 0.416 e. The fraction of sp³-hybridized carbons (Fsp3) is 0.333. The van der Waals surface area contributed by atoms with Crippen molar-refractivity contribution in [3.05, 3.63) is 76.0 Å². The number of hydrogen-bond donors (Lipinski definition) is 3. The highest BCUT2D eigenvalue weighted by Crippen LogP contribution is 2.42. The van der Waals surface area contributed by atoms with Crippen LogP contribution >= 0.6 is 0 Å². The normalized spacial score (nSPS) is 16.2. The minimum Gasteiger partial charge on any atom is -0.466 e. The van der Waals surface area contributed by atoms with E-state index in [9.17, 15) is 33.1 Å². The van der Waals surface area contributed by atoms with Crippen molar-refractivity contribution in [2.75, 3.05) is 39.3 Å². The SMILES string of the molecule is COC(=O)C1=C(C)N(c2cccc(C(F)(F)F)c2)C(=N)N(C(N)=O)[C@@H]1c1ccc(C#N)cc1C[N+](C)(C)CCO. The average molecular weight is 560 g/mol. The number of urea groups is 1. The standard InChI is InChI=1S/C27H29F3N6O4/c1-16-22(24(38)40-4)23(21-9-8-17(14-31)12-18(21)15-36(2,3)10-11-37)35(26(33)39)25(32)34(16)20-7-5-6-19(13-20)27(28,29)30/h5-9,12-13,23,32,37H,10-11,15H2,1-4H3,(H-,33,39)/p+1/t23-/m1/s1. The molecule has 0 saturated carbocycles. The Kier molecular flexibility index (Phi) is 8.57. The van der Waals surface area contributed by atoms with Crippen LogP contribution in [0.15, 0.2) is 53.7 Å². The number of anilines is 1. The van der Waals surface area contributed by atoms with Gasteiger partial charge in [-0.2, -0.15) is 18.4 Å². The molecule has 1 aliphatic rings. The minimum atomic E-state index is -4.68. The van der Waals surface area contributed by atoms with Crippen LogP contribution in [0, 0.1) is 16.7 Å². The predicted octanol–water partition coefficient (Wildman–Crippen LogP) is 3.47. The highest BCUT2D eigenvalue weighted by Gasteiger charge is 2.45. The second-order valence-electron chi connectivity index (χ2n) is 9.88. The van der Waals surface area contributed by atoms with Crippen molar-refractivity contribution in [1.29, 1.82) is 10.7 Å². The number of esters is 1. The lowest BCUT2D eigenvalue weighted by Crippen LogP contribution is -2.55. The molecule has 2 aromatic rings. The van der Waals surface area contributed by atoms with Gasteiger partial charge in [-0.25, -0.2) is 9.59 Å². The number of nitriles is 1. The first-order chi connectivity index (χ1) is 18.7. The van der Waals surface area contributed by atoms with E-state index < -0.39 is 35.7 Å². The number of aliphatic hydroxyl groups is 1. The molecule has 0 aliphatic carbocycles. The summed E-state index contributed by atoms with van der Waals surface area (Å²) < 4.78 is 45.8. The van der Waals surface area contributed by atoms with Crippen LogP contribution in [0.25, 0.3) is 0 Å². The third-order valence-corrected chi connectivity index (χ3v) is 6.64. The summed E-state index contributed by atoms with van der Waals surface area (Å²) in [6.07, 6.45) is -4.68. The first-order valence-electron chi connectivity index (χ1n) is 12.1. The Labute approximate surface area is 229 Å². The number of allylic oxidation sites excluding steroid dienone is 1. The molecular weight excluding hydrogens is 529 g/mol. The van der Waals surface area contributed by atoms with Crippen molar-refractivity contribution in [3.63, 3.8) is 0 Å². The van der Waals surface area contributed by atoms with Gasteiger partial charge in [-0.1, -0.05) is 12.1 Å². The lowest BCUT2D eigenvalue weighted by molar-refractivity contribution is -0.903. The molecule has 1 atom stereocenters. The van der Waals surface area contributed by atoms with Crippen LogP contribution in [0.1, 0.15) is 35.2 Å². The van der Waals surface area contributed by atoms with Gasteiger partial charge in [0.2, 0.25) is 5.96 Å². The zero-order valence-corrected chi connectivity index (χ0v) is 22.4. The molecule has 0 spiro atoms. The molecular formula is C27H30F3N6O4+. The fourth-order valence-corrected chi connectivity index (χ4v) is 4.76. The number of benzene rings is 2. The molecule has 1 aliphatic heterocycles. The number of ether oxygens (including phenoxy) is 1. The van der Waals surface area contributed by atoms with Gasteiger partial charge < -0.3 is 20.1 Å². The number of nitrogens with one attached hydrogen (secondary N) is 1. The topological polar surface area (TPSA) is 144 Å². The maximum atomic E-state index is 13.5. The number of hydrogen-bond acceptors (Lipinski definition) is 6. The molecule has 1 heterocycles. The third-order valence-electron chi connectivity index (χ3n) is 6.64. The minimum absolute atomic E-state index is 0.0538. The van der Waals surface area contributed by atoms with Gasteiger partial charge in [-0.3, -0.25) is 15.2 Å². The second kappa shape index (κ2) is 11.4. The van der Waals surface area contributed by atoms with Gasteiger partial charge in [0.05, 0.1) is 50.6 Å². The lowest BCUT2D eigenvalue weighted by atomic mass is 9.88. The van der Waals surface area contributed by atoms with Crippen LogP contribution in [0.3, 0.4) is 0 Å². The molecule has 13 heteroatoms. The van der Waals surface area contributed by atoms with Gasteiger partial charge in [-0.15, -0.1) is 0 Å². The summed E-state index contributed by atoms with van der Waals surface area (Å²) >= 11 is 0. The van der Waals surface area contributed by atoms with E-state index in [0.29, 0.717) is 23.2 Å². The van der Waals surface area contributed by atoms with E-state index in [0.717, 1.165) is 35.1 Å². The highest BCUT2D eigenvalue weighted by molar-refractivity contribution is 6.10. The van der Waals surface area contributed by atoms with E-state index in [1.54, 1.807) is 6.07 Å². The Hall–Kier alpha value is -4.41. The molecule has 4 N–H and O–H groups in total. The number of quaternary nitrogens is 1. The maximum absolute atomic E-state index is 13.5. The van der Waals surface area contributed by atoms with Crippen molar-refractivity contribution in [3.8, 4) is 6.07 Å². The summed E-state index contributed by atoms with van der Waals surface area (Å²) in [7, 11) is 4.79. The Balaban J connectivity index is 2.35. The largest absolute Gasteiger partial charge is 0.466 e. The van der Waals surface area contributed by atoms with Crippen LogP contribution < -0.4 is 10.6 Å². The molecule has 212 valence electrons. The zero-order chi connectivity index (χ0) is 30.0. The first-order valence-corrected chi connectivity index (χ1v) is 12.1. The number of aliphatic hydroxyl groups excluding tert-OH is 1. The van der Waals surface area contributed by atoms with Gasteiger partial charge in [0, 0.05) is 16.9 Å². The van der Waals surface area contributed by atoms with Crippen LogP contribution in [-0.2, 0) is 22.3 Å². The Morgan fingerprint density at radius 2 is 1.90 bits per heavy atom. The van der Waals surface area contributed by atoms with E-state index in [1.165, 1.54) is 25.1 Å². The molecule has 0 saturated heterocycles.